The van der Waals surface area contributed by atoms with Crippen LogP contribution in [0.25, 0.3) is 11.6 Å². The highest BCUT2D eigenvalue weighted by molar-refractivity contribution is 7.07. The third kappa shape index (κ3) is 2.89. The molecule has 0 aromatic carbocycles. The lowest BCUT2D eigenvalue weighted by Gasteiger charge is -1.85. The van der Waals surface area contributed by atoms with Gasteiger partial charge >= 0.3 is 5.97 Å². The Hall–Kier alpha value is -2.20. The first kappa shape index (κ1) is 12.9. The van der Waals surface area contributed by atoms with E-state index in [4.69, 9.17) is 5.26 Å². The molecule has 6 nitrogen and oxygen atoms in total. The number of aromatic amines is 1. The number of thiazole rings is 1. The van der Waals surface area contributed by atoms with Gasteiger partial charge in [-0.2, -0.15) is 5.26 Å². The van der Waals surface area contributed by atoms with Crippen LogP contribution in [0, 0.1) is 11.3 Å². The second kappa shape index (κ2) is 5.23. The maximum atomic E-state index is 11.4. The topological polar surface area (TPSA) is 100 Å². The average Bonchev–Trinajstić information content (AvgIpc) is 2.60. The van der Waals surface area contributed by atoms with Crippen LogP contribution in [0.4, 0.5) is 0 Å². The number of carbonyl (C=O) groups is 2. The van der Waals surface area contributed by atoms with E-state index in [0.717, 1.165) is 17.4 Å². The highest BCUT2D eigenvalue weighted by atomic mass is 32.1. The summed E-state index contributed by atoms with van der Waals surface area (Å²) in [6.45, 7) is 1.22. The van der Waals surface area contributed by atoms with Gasteiger partial charge in [-0.15, -0.1) is 11.3 Å². The van der Waals surface area contributed by atoms with Gasteiger partial charge in [0.05, 0.1) is 7.11 Å². The minimum atomic E-state index is -0.676. The van der Waals surface area contributed by atoms with Crippen LogP contribution in [0.15, 0.2) is 4.79 Å². The van der Waals surface area contributed by atoms with Crippen LogP contribution in [0.3, 0.4) is 0 Å². The summed E-state index contributed by atoms with van der Waals surface area (Å²) in [5.74, 6) is -1.13. The zero-order valence-electron chi connectivity index (χ0n) is 9.07. The van der Waals surface area contributed by atoms with Gasteiger partial charge in [0.2, 0.25) is 0 Å². The second-order valence-electron chi connectivity index (χ2n) is 2.96. The fourth-order valence-corrected chi connectivity index (χ4v) is 1.96. The second-order valence-corrected chi connectivity index (χ2v) is 4.01. The van der Waals surface area contributed by atoms with Crippen LogP contribution in [-0.2, 0) is 14.3 Å². The number of esters is 1. The van der Waals surface area contributed by atoms with E-state index in [1.807, 2.05) is 0 Å². The molecule has 0 aliphatic heterocycles. The van der Waals surface area contributed by atoms with Crippen molar-refractivity contribution in [3.63, 3.8) is 0 Å². The van der Waals surface area contributed by atoms with E-state index in [-0.39, 0.29) is 14.8 Å². The van der Waals surface area contributed by atoms with E-state index in [9.17, 15) is 14.4 Å². The standard InChI is InChI=1S/C10H8N2O4S/c1-5(13)6(4-11)10-12-9(15)7(17-10)3-8(14)16-2/h3H,1-2H3,(H,12,15). The first-order chi connectivity index (χ1) is 7.99. The highest BCUT2D eigenvalue weighted by Crippen LogP contribution is 1.91. The zero-order valence-corrected chi connectivity index (χ0v) is 9.88. The molecule has 88 valence electrons. The molecule has 1 rings (SSSR count). The summed E-state index contributed by atoms with van der Waals surface area (Å²) in [6.07, 6.45) is 1.00. The Bertz CT molecular complexity index is 674. The zero-order chi connectivity index (χ0) is 13.0. The maximum Gasteiger partial charge on any atom is 0.332 e. The van der Waals surface area contributed by atoms with Gasteiger partial charge in [0, 0.05) is 6.08 Å². The molecule has 0 spiro atoms. The molecule has 0 radical (unpaired) electrons. The molecule has 0 unspecified atom stereocenters. The van der Waals surface area contributed by atoms with Crippen LogP contribution >= 0.6 is 11.3 Å². The van der Waals surface area contributed by atoms with E-state index in [2.05, 4.69) is 9.72 Å². The quantitative estimate of drug-likeness (QED) is 0.656. The molecule has 1 N–H and O–H groups in total. The van der Waals surface area contributed by atoms with Crippen LogP contribution in [0.2, 0.25) is 0 Å². The SMILES string of the molecule is COC(=O)C=c1sc(=C(C#N)C(C)=O)[nH]c1=O. The van der Waals surface area contributed by atoms with Crippen LogP contribution in [0.5, 0.6) is 0 Å². The van der Waals surface area contributed by atoms with Gasteiger partial charge in [-0.25, -0.2) is 4.79 Å². The predicted octanol–water partition coefficient (Wildman–Crippen LogP) is -1.35. The van der Waals surface area contributed by atoms with Gasteiger partial charge < -0.3 is 9.72 Å². The molecule has 0 aliphatic rings. The number of hydrogen-bond acceptors (Lipinski definition) is 6. The lowest BCUT2D eigenvalue weighted by molar-refractivity contribution is -0.133. The Morgan fingerprint density at radius 2 is 2.18 bits per heavy atom. The highest BCUT2D eigenvalue weighted by Gasteiger charge is 2.07. The van der Waals surface area contributed by atoms with Crippen molar-refractivity contribution in [3.05, 3.63) is 19.5 Å². The number of nitrogens with one attached hydrogen (secondary N) is 1. The molecule has 1 heterocycles. The minimum Gasteiger partial charge on any atom is -0.466 e. The molecule has 17 heavy (non-hydrogen) atoms. The number of nitrogens with zero attached hydrogens (tertiary/aromatic N) is 1. The number of hydrogen-bond donors (Lipinski definition) is 1. The smallest absolute Gasteiger partial charge is 0.332 e. The number of H-pyrrole nitrogens is 1. The number of carbonyl (C=O) groups excluding carboxylic acids is 2. The summed E-state index contributed by atoms with van der Waals surface area (Å²) in [7, 11) is 1.18. The molecule has 0 fully saturated rings. The molecule has 0 aliphatic carbocycles. The van der Waals surface area contributed by atoms with Crippen molar-refractivity contribution in [2.45, 2.75) is 6.92 Å². The Morgan fingerprint density at radius 3 is 2.65 bits per heavy atom. The molecule has 1 aromatic rings. The molecular formula is C10H8N2O4S. The Balaban J connectivity index is 3.57. The van der Waals surface area contributed by atoms with Gasteiger partial charge in [-0.1, -0.05) is 0 Å². The number of Topliss-reactive ketones (excluding diaryl/α,β-unsaturated/α-hetero) is 1. The van der Waals surface area contributed by atoms with Crippen molar-refractivity contribution in [2.75, 3.05) is 7.11 Å². The van der Waals surface area contributed by atoms with Crippen molar-refractivity contribution in [1.29, 1.82) is 5.26 Å². The number of rotatable bonds is 2. The fraction of sp³-hybridized carbons (Fsp3) is 0.200. The largest absolute Gasteiger partial charge is 0.466 e. The molecule has 0 atom stereocenters. The lowest BCUT2D eigenvalue weighted by Crippen LogP contribution is -2.22. The molecule has 0 saturated heterocycles. The minimum absolute atomic E-state index is 0.0841. The van der Waals surface area contributed by atoms with Crippen LogP contribution < -0.4 is 14.8 Å². The van der Waals surface area contributed by atoms with Gasteiger partial charge in [-0.05, 0) is 6.92 Å². The third-order valence-corrected chi connectivity index (χ3v) is 2.84. The molecule has 0 amide bonds. The lowest BCUT2D eigenvalue weighted by atomic mass is 10.2. The van der Waals surface area contributed by atoms with Gasteiger partial charge in [-0.3, -0.25) is 9.59 Å². The van der Waals surface area contributed by atoms with Crippen molar-refractivity contribution in [3.8, 4) is 6.07 Å². The molecule has 0 saturated carbocycles. The molecule has 0 bridgehead atoms. The summed E-state index contributed by atoms with van der Waals surface area (Å²) in [5.41, 5.74) is -0.680. The number of ether oxygens (including phenoxy) is 1. The van der Waals surface area contributed by atoms with Crippen molar-refractivity contribution in [1.82, 2.24) is 4.98 Å². The van der Waals surface area contributed by atoms with E-state index in [1.54, 1.807) is 6.07 Å². The predicted molar refractivity (Wildman–Crippen MR) is 60.4 cm³/mol. The third-order valence-electron chi connectivity index (χ3n) is 1.80. The summed E-state index contributed by atoms with van der Waals surface area (Å²) in [5, 5.41) is 8.75. The van der Waals surface area contributed by atoms with Crippen LogP contribution in [0.1, 0.15) is 6.92 Å². The normalized spacial score (nSPS) is 12.9. The Morgan fingerprint density at radius 1 is 1.53 bits per heavy atom. The molecule has 1 aromatic heterocycles. The Labute approximate surface area is 99.5 Å². The number of nitriles is 1. The van der Waals surface area contributed by atoms with Crippen molar-refractivity contribution in [2.24, 2.45) is 0 Å². The van der Waals surface area contributed by atoms with Crippen LogP contribution in [-0.4, -0.2) is 23.8 Å². The summed E-state index contributed by atoms with van der Waals surface area (Å²) >= 11 is 0.859. The Kier molecular flexibility index (Phi) is 3.96. The fourth-order valence-electron chi connectivity index (χ4n) is 1.01. The molecular weight excluding hydrogens is 244 g/mol. The van der Waals surface area contributed by atoms with E-state index in [0.29, 0.717) is 0 Å². The first-order valence-corrected chi connectivity index (χ1v) is 5.25. The average molecular weight is 252 g/mol. The maximum absolute atomic E-state index is 11.4. The number of methoxy groups -OCH3 is 1. The van der Waals surface area contributed by atoms with Gasteiger partial charge in [0.15, 0.2) is 5.78 Å². The number of aromatic nitrogens is 1. The van der Waals surface area contributed by atoms with E-state index >= 15 is 0 Å². The van der Waals surface area contributed by atoms with Gasteiger partial charge in [0.1, 0.15) is 20.8 Å². The van der Waals surface area contributed by atoms with E-state index < -0.39 is 17.3 Å². The first-order valence-electron chi connectivity index (χ1n) is 4.43. The summed E-state index contributed by atoms with van der Waals surface area (Å²) in [4.78, 5) is 35.8. The monoisotopic (exact) mass is 252 g/mol. The molecule has 7 heteroatoms. The van der Waals surface area contributed by atoms with Crippen molar-refractivity contribution < 1.29 is 14.3 Å². The summed E-state index contributed by atoms with van der Waals surface area (Å²) in [6, 6.07) is 1.70. The van der Waals surface area contributed by atoms with Gasteiger partial charge in [0.25, 0.3) is 5.56 Å². The summed E-state index contributed by atoms with van der Waals surface area (Å²) < 4.78 is 4.60. The number of ketones is 1. The van der Waals surface area contributed by atoms with E-state index in [1.165, 1.54) is 14.0 Å². The van der Waals surface area contributed by atoms with Crippen molar-refractivity contribution >= 4 is 34.7 Å².